The molecule has 0 aliphatic heterocycles. The van der Waals surface area contributed by atoms with Crippen molar-refractivity contribution in [2.45, 2.75) is 51.0 Å². The predicted molar refractivity (Wildman–Crippen MR) is 49.6 cm³/mol. The van der Waals surface area contributed by atoms with Crippen LogP contribution < -0.4 is 10.8 Å². The van der Waals surface area contributed by atoms with Crippen molar-refractivity contribution in [2.24, 2.45) is 0 Å². The van der Waals surface area contributed by atoms with E-state index in [1.54, 1.807) is 5.48 Å². The number of urea groups is 1. The molecule has 0 saturated heterocycles. The Labute approximate surface area is 78.7 Å². The highest BCUT2D eigenvalue weighted by Crippen LogP contribution is 2.16. The van der Waals surface area contributed by atoms with E-state index in [1.165, 1.54) is 32.1 Å². The van der Waals surface area contributed by atoms with Crippen molar-refractivity contribution in [1.29, 1.82) is 0 Å². The maximum Gasteiger partial charge on any atom is 0.338 e. The van der Waals surface area contributed by atoms with Crippen molar-refractivity contribution < 1.29 is 10.0 Å². The normalized spacial score (nSPS) is 20.1. The number of hydrogen-bond donors (Lipinski definition) is 3. The Kier molecular flexibility index (Phi) is 4.60. The number of hydrogen-bond acceptors (Lipinski definition) is 2. The molecule has 0 aromatic heterocycles. The summed E-state index contributed by atoms with van der Waals surface area (Å²) in [6.45, 7) is 0. The minimum atomic E-state index is -0.481. The lowest BCUT2D eigenvalue weighted by Crippen LogP contribution is -2.40. The van der Waals surface area contributed by atoms with Crippen LogP contribution in [-0.4, -0.2) is 17.3 Å². The molecule has 0 unspecified atom stereocenters. The number of rotatable bonds is 1. The molecule has 1 saturated carbocycles. The third kappa shape index (κ3) is 4.12. The highest BCUT2D eigenvalue weighted by molar-refractivity contribution is 5.72. The van der Waals surface area contributed by atoms with Crippen molar-refractivity contribution in [3.05, 3.63) is 0 Å². The van der Waals surface area contributed by atoms with Crippen LogP contribution in [0.2, 0.25) is 0 Å². The average molecular weight is 186 g/mol. The van der Waals surface area contributed by atoms with Gasteiger partial charge in [0.25, 0.3) is 0 Å². The van der Waals surface area contributed by atoms with E-state index < -0.39 is 6.03 Å². The highest BCUT2D eigenvalue weighted by atomic mass is 16.5. The molecule has 0 aromatic carbocycles. The number of hydroxylamine groups is 1. The molecule has 13 heavy (non-hydrogen) atoms. The Morgan fingerprint density at radius 2 is 1.62 bits per heavy atom. The molecule has 4 heteroatoms. The first kappa shape index (κ1) is 10.3. The molecule has 0 heterocycles. The molecular weight excluding hydrogens is 168 g/mol. The molecule has 0 atom stereocenters. The fraction of sp³-hybridized carbons (Fsp3) is 0.889. The molecule has 2 amide bonds. The average Bonchev–Trinajstić information content (AvgIpc) is 2.09. The van der Waals surface area contributed by atoms with Gasteiger partial charge in [0.2, 0.25) is 0 Å². The number of amides is 2. The first-order chi connectivity index (χ1) is 6.33. The van der Waals surface area contributed by atoms with E-state index in [0.29, 0.717) is 0 Å². The highest BCUT2D eigenvalue weighted by Gasteiger charge is 2.12. The fourth-order valence-electron chi connectivity index (χ4n) is 1.82. The zero-order chi connectivity index (χ0) is 9.52. The summed E-state index contributed by atoms with van der Waals surface area (Å²) in [5.74, 6) is 0. The van der Waals surface area contributed by atoms with Crippen LogP contribution in [0.25, 0.3) is 0 Å². The Morgan fingerprint density at radius 3 is 2.15 bits per heavy atom. The second-order valence-corrected chi connectivity index (χ2v) is 3.63. The van der Waals surface area contributed by atoms with E-state index in [9.17, 15) is 4.79 Å². The summed E-state index contributed by atoms with van der Waals surface area (Å²) in [6.07, 6.45) is 8.27. The van der Waals surface area contributed by atoms with Crippen LogP contribution in [0.4, 0.5) is 4.79 Å². The Bertz CT molecular complexity index is 154. The smallest absolute Gasteiger partial charge is 0.334 e. The first-order valence-electron chi connectivity index (χ1n) is 5.03. The summed E-state index contributed by atoms with van der Waals surface area (Å²) >= 11 is 0. The monoisotopic (exact) mass is 186 g/mol. The van der Waals surface area contributed by atoms with Gasteiger partial charge >= 0.3 is 6.03 Å². The number of nitrogens with one attached hydrogen (secondary N) is 2. The topological polar surface area (TPSA) is 61.4 Å². The van der Waals surface area contributed by atoms with Gasteiger partial charge in [-0.05, 0) is 12.8 Å². The maximum absolute atomic E-state index is 10.8. The Hall–Kier alpha value is -0.770. The summed E-state index contributed by atoms with van der Waals surface area (Å²) in [6, 6.07) is -0.238. The summed E-state index contributed by atoms with van der Waals surface area (Å²) in [4.78, 5) is 10.8. The van der Waals surface area contributed by atoms with Crippen molar-refractivity contribution in [2.75, 3.05) is 0 Å². The van der Waals surface area contributed by atoms with E-state index in [0.717, 1.165) is 12.8 Å². The van der Waals surface area contributed by atoms with Crippen molar-refractivity contribution in [1.82, 2.24) is 10.8 Å². The molecule has 4 nitrogen and oxygen atoms in total. The van der Waals surface area contributed by atoms with Crippen molar-refractivity contribution in [3.63, 3.8) is 0 Å². The van der Waals surface area contributed by atoms with E-state index in [4.69, 9.17) is 5.21 Å². The van der Waals surface area contributed by atoms with E-state index >= 15 is 0 Å². The predicted octanol–water partition coefficient (Wildman–Crippen LogP) is 1.79. The van der Waals surface area contributed by atoms with Gasteiger partial charge in [-0.25, -0.2) is 10.3 Å². The molecule has 1 aliphatic rings. The van der Waals surface area contributed by atoms with Gasteiger partial charge in [-0.2, -0.15) is 0 Å². The Balaban J connectivity index is 2.25. The standard InChI is InChI=1S/C9H18N2O2/c12-9(11-13)10-8-6-4-2-1-3-5-7-8/h8,13H,1-7H2,(H2,10,11,12). The van der Waals surface area contributed by atoms with Gasteiger partial charge in [0.1, 0.15) is 0 Å². The molecule has 1 rings (SSSR count). The molecule has 0 radical (unpaired) electrons. The molecule has 3 N–H and O–H groups in total. The van der Waals surface area contributed by atoms with Crippen molar-refractivity contribution in [3.8, 4) is 0 Å². The Morgan fingerprint density at radius 1 is 1.08 bits per heavy atom. The molecule has 0 aromatic rings. The zero-order valence-electron chi connectivity index (χ0n) is 7.88. The quantitative estimate of drug-likeness (QED) is 0.432. The molecular formula is C9H18N2O2. The zero-order valence-corrected chi connectivity index (χ0v) is 7.88. The van der Waals surface area contributed by atoms with Crippen LogP contribution in [0.5, 0.6) is 0 Å². The van der Waals surface area contributed by atoms with Gasteiger partial charge in [0.15, 0.2) is 0 Å². The van der Waals surface area contributed by atoms with Crippen molar-refractivity contribution >= 4 is 6.03 Å². The summed E-state index contributed by atoms with van der Waals surface area (Å²) in [5.41, 5.74) is 1.60. The van der Waals surface area contributed by atoms with Gasteiger partial charge in [0, 0.05) is 6.04 Å². The third-order valence-electron chi connectivity index (χ3n) is 2.54. The van der Waals surface area contributed by atoms with Crippen LogP contribution >= 0.6 is 0 Å². The van der Waals surface area contributed by atoms with Crippen LogP contribution in [0.3, 0.4) is 0 Å². The lowest BCUT2D eigenvalue weighted by molar-refractivity contribution is 0.157. The lowest BCUT2D eigenvalue weighted by atomic mass is 9.97. The summed E-state index contributed by atoms with van der Waals surface area (Å²) in [7, 11) is 0. The minimum absolute atomic E-state index is 0.243. The second kappa shape index (κ2) is 5.80. The van der Waals surface area contributed by atoms with E-state index in [2.05, 4.69) is 5.32 Å². The van der Waals surface area contributed by atoms with Crippen LogP contribution in [-0.2, 0) is 0 Å². The second-order valence-electron chi connectivity index (χ2n) is 3.63. The molecule has 1 fully saturated rings. The lowest BCUT2D eigenvalue weighted by Gasteiger charge is -2.20. The molecule has 0 spiro atoms. The van der Waals surface area contributed by atoms with Crippen LogP contribution in [0.15, 0.2) is 0 Å². The fourth-order valence-corrected chi connectivity index (χ4v) is 1.82. The molecule has 1 aliphatic carbocycles. The van der Waals surface area contributed by atoms with Gasteiger partial charge in [-0.3, -0.25) is 5.21 Å². The van der Waals surface area contributed by atoms with Gasteiger partial charge < -0.3 is 5.32 Å². The molecule has 76 valence electrons. The summed E-state index contributed by atoms with van der Waals surface area (Å²) < 4.78 is 0. The molecule has 0 bridgehead atoms. The van der Waals surface area contributed by atoms with Gasteiger partial charge in [0.05, 0.1) is 0 Å². The first-order valence-corrected chi connectivity index (χ1v) is 5.03. The van der Waals surface area contributed by atoms with Crippen LogP contribution in [0.1, 0.15) is 44.9 Å². The van der Waals surface area contributed by atoms with E-state index in [1.807, 2.05) is 0 Å². The number of carbonyl (C=O) groups excluding carboxylic acids is 1. The SMILES string of the molecule is O=C(NO)NC1CCCCCCC1. The maximum atomic E-state index is 10.8. The van der Waals surface area contributed by atoms with Gasteiger partial charge in [-0.15, -0.1) is 0 Å². The third-order valence-corrected chi connectivity index (χ3v) is 2.54. The van der Waals surface area contributed by atoms with Gasteiger partial charge in [-0.1, -0.05) is 32.1 Å². The largest absolute Gasteiger partial charge is 0.338 e. The summed E-state index contributed by atoms with van der Waals surface area (Å²) in [5, 5.41) is 11.1. The van der Waals surface area contributed by atoms with Crippen LogP contribution in [0, 0.1) is 0 Å². The minimum Gasteiger partial charge on any atom is -0.334 e. The van der Waals surface area contributed by atoms with E-state index in [-0.39, 0.29) is 6.04 Å². The number of carbonyl (C=O) groups is 1.